The number of furan rings is 1. The summed E-state index contributed by atoms with van der Waals surface area (Å²) >= 11 is 6.08. The van der Waals surface area contributed by atoms with Gasteiger partial charge in [0.05, 0.1) is 11.1 Å². The Hall–Kier alpha value is -1.56. The number of rotatable bonds is 3. The van der Waals surface area contributed by atoms with Crippen molar-refractivity contribution in [2.45, 2.75) is 13.0 Å². The number of aliphatic hydroxyl groups is 1. The van der Waals surface area contributed by atoms with E-state index < -0.39 is 6.10 Å². The smallest absolute Gasteiger partial charge is 0.287 e. The predicted molar refractivity (Wildman–Crippen MR) is 80.7 cm³/mol. The summed E-state index contributed by atoms with van der Waals surface area (Å²) in [4.78, 5) is 12.3. The molecule has 1 fully saturated rings. The highest BCUT2D eigenvalue weighted by molar-refractivity contribution is 6.35. The molecule has 2 aromatic rings. The number of amides is 1. The average molecular weight is 309 g/mol. The molecule has 1 aromatic carbocycles. The van der Waals surface area contributed by atoms with Crippen LogP contribution in [0, 0.1) is 12.8 Å². The third-order valence-corrected chi connectivity index (χ3v) is 4.25. The number of hydrogen-bond donors (Lipinski definition) is 3. The molecule has 1 amide bonds. The van der Waals surface area contributed by atoms with Crippen LogP contribution in [0.3, 0.4) is 0 Å². The Morgan fingerprint density at radius 1 is 1.52 bits per heavy atom. The molecule has 2 unspecified atom stereocenters. The standard InChI is InChI=1S/C15H17ClN2O3/c1-8-10-3-2-4-11(16)14(10)21-13(8)15(20)18-6-9-5-17-7-12(9)19/h2-4,9,12,17,19H,5-7H2,1H3,(H,18,20). The van der Waals surface area contributed by atoms with Gasteiger partial charge in [0.25, 0.3) is 5.91 Å². The molecule has 0 aliphatic carbocycles. The summed E-state index contributed by atoms with van der Waals surface area (Å²) in [5.74, 6) is 0.0274. The number of nitrogens with one attached hydrogen (secondary N) is 2. The SMILES string of the molecule is Cc1c(C(=O)NCC2CNCC2O)oc2c(Cl)cccc12. The van der Waals surface area contributed by atoms with Crippen molar-refractivity contribution in [3.63, 3.8) is 0 Å². The number of hydrogen-bond acceptors (Lipinski definition) is 4. The maximum absolute atomic E-state index is 12.3. The van der Waals surface area contributed by atoms with Crippen LogP contribution in [0.25, 0.3) is 11.0 Å². The molecule has 0 radical (unpaired) electrons. The first-order valence-corrected chi connectivity index (χ1v) is 7.30. The monoisotopic (exact) mass is 308 g/mol. The van der Waals surface area contributed by atoms with Gasteiger partial charge < -0.3 is 20.2 Å². The third kappa shape index (κ3) is 2.64. The molecule has 1 saturated heterocycles. The molecule has 3 N–H and O–H groups in total. The van der Waals surface area contributed by atoms with Crippen LogP contribution in [0.15, 0.2) is 22.6 Å². The van der Waals surface area contributed by atoms with Gasteiger partial charge in [-0.2, -0.15) is 0 Å². The summed E-state index contributed by atoms with van der Waals surface area (Å²) in [6.45, 7) is 3.52. The molecule has 21 heavy (non-hydrogen) atoms. The Balaban J connectivity index is 1.78. The van der Waals surface area contributed by atoms with Crippen LogP contribution in [0.2, 0.25) is 5.02 Å². The molecule has 1 aliphatic heterocycles. The van der Waals surface area contributed by atoms with E-state index >= 15 is 0 Å². The van der Waals surface area contributed by atoms with E-state index in [1.807, 2.05) is 19.1 Å². The second-order valence-electron chi connectivity index (χ2n) is 5.37. The summed E-state index contributed by atoms with van der Waals surface area (Å²) in [5.41, 5.74) is 1.31. The van der Waals surface area contributed by atoms with Crippen molar-refractivity contribution in [1.82, 2.24) is 10.6 Å². The maximum atomic E-state index is 12.3. The van der Waals surface area contributed by atoms with E-state index in [1.165, 1.54) is 0 Å². The predicted octanol–water partition coefficient (Wildman–Crippen LogP) is 1.70. The zero-order valence-corrected chi connectivity index (χ0v) is 12.4. The molecule has 0 bridgehead atoms. The highest BCUT2D eigenvalue weighted by atomic mass is 35.5. The summed E-state index contributed by atoms with van der Waals surface area (Å²) in [5, 5.41) is 17.0. The van der Waals surface area contributed by atoms with E-state index in [9.17, 15) is 9.90 Å². The first-order valence-electron chi connectivity index (χ1n) is 6.92. The summed E-state index contributed by atoms with van der Waals surface area (Å²) in [7, 11) is 0. The minimum Gasteiger partial charge on any atom is -0.449 e. The zero-order chi connectivity index (χ0) is 15.0. The fourth-order valence-electron chi connectivity index (χ4n) is 2.66. The second kappa shape index (κ2) is 5.67. The summed E-state index contributed by atoms with van der Waals surface area (Å²) in [6, 6.07) is 5.44. The van der Waals surface area contributed by atoms with Gasteiger partial charge in [-0.25, -0.2) is 0 Å². The van der Waals surface area contributed by atoms with E-state index in [4.69, 9.17) is 16.0 Å². The lowest BCUT2D eigenvalue weighted by Gasteiger charge is -2.13. The molecule has 3 rings (SSSR count). The minimum atomic E-state index is -0.420. The Morgan fingerprint density at radius 3 is 3.00 bits per heavy atom. The van der Waals surface area contributed by atoms with Gasteiger partial charge in [0.2, 0.25) is 0 Å². The Labute approximate surface area is 127 Å². The second-order valence-corrected chi connectivity index (χ2v) is 5.78. The average Bonchev–Trinajstić information content (AvgIpc) is 3.02. The van der Waals surface area contributed by atoms with Crippen molar-refractivity contribution in [3.05, 3.63) is 34.5 Å². The third-order valence-electron chi connectivity index (χ3n) is 3.95. The molecule has 1 aromatic heterocycles. The van der Waals surface area contributed by atoms with Crippen molar-refractivity contribution < 1.29 is 14.3 Å². The number of aliphatic hydroxyl groups excluding tert-OH is 1. The van der Waals surface area contributed by atoms with Crippen LogP contribution in [-0.4, -0.2) is 36.8 Å². The van der Waals surface area contributed by atoms with Crippen LogP contribution in [0.1, 0.15) is 16.1 Å². The number of carbonyl (C=O) groups excluding carboxylic acids is 1. The van der Waals surface area contributed by atoms with Gasteiger partial charge in [0.1, 0.15) is 0 Å². The van der Waals surface area contributed by atoms with E-state index in [0.717, 1.165) is 10.9 Å². The highest BCUT2D eigenvalue weighted by Crippen LogP contribution is 2.30. The lowest BCUT2D eigenvalue weighted by atomic mass is 10.1. The number of β-amino-alcohol motifs (C(OH)–C–C–N with tert-alkyl or cyclic N) is 1. The van der Waals surface area contributed by atoms with E-state index in [2.05, 4.69) is 10.6 Å². The quantitative estimate of drug-likeness (QED) is 0.807. The number of benzene rings is 1. The van der Waals surface area contributed by atoms with Crippen LogP contribution in [0.5, 0.6) is 0 Å². The van der Waals surface area contributed by atoms with Gasteiger partial charge in [-0.1, -0.05) is 23.7 Å². The van der Waals surface area contributed by atoms with Crippen molar-refractivity contribution >= 4 is 28.5 Å². The molecule has 6 heteroatoms. The Kier molecular flexibility index (Phi) is 3.89. The lowest BCUT2D eigenvalue weighted by Crippen LogP contribution is -2.34. The van der Waals surface area contributed by atoms with Gasteiger partial charge in [-0.15, -0.1) is 0 Å². The van der Waals surface area contributed by atoms with Crippen molar-refractivity contribution in [3.8, 4) is 0 Å². The van der Waals surface area contributed by atoms with Crippen LogP contribution < -0.4 is 10.6 Å². The number of carbonyl (C=O) groups is 1. The number of fused-ring (bicyclic) bond motifs is 1. The number of para-hydroxylation sites is 1. The lowest BCUT2D eigenvalue weighted by molar-refractivity contribution is 0.0901. The van der Waals surface area contributed by atoms with Gasteiger partial charge in [0.15, 0.2) is 11.3 Å². The molecular weight excluding hydrogens is 292 g/mol. The largest absolute Gasteiger partial charge is 0.449 e. The Morgan fingerprint density at radius 2 is 2.33 bits per heavy atom. The van der Waals surface area contributed by atoms with E-state index in [-0.39, 0.29) is 17.6 Å². The molecule has 1 aliphatic rings. The maximum Gasteiger partial charge on any atom is 0.287 e. The normalized spacial score (nSPS) is 21.9. The van der Waals surface area contributed by atoms with E-state index in [1.54, 1.807) is 6.07 Å². The topological polar surface area (TPSA) is 74.5 Å². The molecule has 5 nitrogen and oxygen atoms in total. The fourth-order valence-corrected chi connectivity index (χ4v) is 2.87. The van der Waals surface area contributed by atoms with Gasteiger partial charge in [-0.3, -0.25) is 4.79 Å². The summed E-state index contributed by atoms with van der Waals surface area (Å²) < 4.78 is 5.61. The first-order chi connectivity index (χ1) is 10.1. The number of halogens is 1. The molecular formula is C15H17ClN2O3. The van der Waals surface area contributed by atoms with Crippen molar-refractivity contribution in [2.75, 3.05) is 19.6 Å². The van der Waals surface area contributed by atoms with Crippen molar-refractivity contribution in [1.29, 1.82) is 0 Å². The van der Waals surface area contributed by atoms with Gasteiger partial charge >= 0.3 is 0 Å². The Bertz CT molecular complexity index is 683. The van der Waals surface area contributed by atoms with Crippen LogP contribution >= 0.6 is 11.6 Å². The first kappa shape index (κ1) is 14.4. The molecule has 2 atom stereocenters. The molecule has 0 saturated carbocycles. The summed E-state index contributed by atoms with van der Waals surface area (Å²) in [6.07, 6.45) is -0.420. The van der Waals surface area contributed by atoms with Crippen molar-refractivity contribution in [2.24, 2.45) is 5.92 Å². The minimum absolute atomic E-state index is 0.0298. The molecule has 0 spiro atoms. The zero-order valence-electron chi connectivity index (χ0n) is 11.6. The van der Waals surface area contributed by atoms with Gasteiger partial charge in [0, 0.05) is 36.5 Å². The fraction of sp³-hybridized carbons (Fsp3) is 0.400. The van der Waals surface area contributed by atoms with Crippen LogP contribution in [-0.2, 0) is 0 Å². The van der Waals surface area contributed by atoms with Gasteiger partial charge in [-0.05, 0) is 13.0 Å². The molecule has 112 valence electrons. The molecule has 2 heterocycles. The van der Waals surface area contributed by atoms with Crippen LogP contribution in [0.4, 0.5) is 0 Å². The highest BCUT2D eigenvalue weighted by Gasteiger charge is 2.26. The van der Waals surface area contributed by atoms with E-state index in [0.29, 0.717) is 30.2 Å². The number of aryl methyl sites for hydroxylation is 1.